The first kappa shape index (κ1) is 17.1. The zero-order valence-electron chi connectivity index (χ0n) is 12.6. The maximum Gasteiger partial charge on any atom is 0.249 e. The number of likely N-dealkylation sites (tertiary alicyclic amines) is 1. The van der Waals surface area contributed by atoms with Crippen LogP contribution in [0.1, 0.15) is 0 Å². The van der Waals surface area contributed by atoms with Crippen LogP contribution in [0.15, 0.2) is 0 Å². The van der Waals surface area contributed by atoms with E-state index in [0.717, 1.165) is 6.26 Å². The van der Waals surface area contributed by atoms with E-state index in [2.05, 4.69) is 4.72 Å². The van der Waals surface area contributed by atoms with E-state index < -0.39 is 10.0 Å². The van der Waals surface area contributed by atoms with Gasteiger partial charge in [-0.25, -0.2) is 13.1 Å². The second-order valence-corrected chi connectivity index (χ2v) is 7.22. The van der Waals surface area contributed by atoms with Gasteiger partial charge in [0.2, 0.25) is 21.8 Å². The van der Waals surface area contributed by atoms with Crippen molar-refractivity contribution in [2.24, 2.45) is 0 Å². The highest BCUT2D eigenvalue weighted by atomic mass is 32.2. The van der Waals surface area contributed by atoms with Crippen LogP contribution in [0.2, 0.25) is 0 Å². The number of nitrogens with one attached hydrogen (secondary N) is 1. The molecule has 0 aromatic carbocycles. The van der Waals surface area contributed by atoms with Gasteiger partial charge in [-0.3, -0.25) is 9.59 Å². The third-order valence-corrected chi connectivity index (χ3v) is 4.42. The molecule has 2 fully saturated rings. The predicted octanol–water partition coefficient (Wildman–Crippen LogP) is -2.38. The smallest absolute Gasteiger partial charge is 0.249 e. The van der Waals surface area contributed by atoms with Crippen LogP contribution in [0.5, 0.6) is 0 Å². The Hall–Kier alpha value is -1.23. The summed E-state index contributed by atoms with van der Waals surface area (Å²) in [5, 5.41) is 0. The topological polar surface area (TPSA) is 105 Å². The van der Waals surface area contributed by atoms with Crippen molar-refractivity contribution in [3.63, 3.8) is 0 Å². The monoisotopic (exact) mass is 335 g/mol. The van der Waals surface area contributed by atoms with Crippen LogP contribution >= 0.6 is 0 Å². The standard InChI is InChI=1S/C12H21N3O6S/c1-20-4-3-15-9-6-14(7-10(9)21-8-12(15)17)11(16)5-13-22(2,18)19/h9-10,13H,3-8H2,1-2H3/t9-,10-/m0/s1. The number of carbonyl (C=O) groups is 2. The van der Waals surface area contributed by atoms with E-state index >= 15 is 0 Å². The average Bonchev–Trinajstić information content (AvgIpc) is 2.87. The van der Waals surface area contributed by atoms with Gasteiger partial charge in [-0.2, -0.15) is 0 Å². The molecule has 2 atom stereocenters. The predicted molar refractivity (Wildman–Crippen MR) is 76.5 cm³/mol. The molecule has 1 N–H and O–H groups in total. The number of ether oxygens (including phenoxy) is 2. The normalized spacial score (nSPS) is 25.5. The second kappa shape index (κ2) is 6.90. The van der Waals surface area contributed by atoms with Crippen LogP contribution in [0, 0.1) is 0 Å². The van der Waals surface area contributed by atoms with E-state index in [1.165, 1.54) is 4.90 Å². The fraction of sp³-hybridized carbons (Fsp3) is 0.833. The summed E-state index contributed by atoms with van der Waals surface area (Å²) >= 11 is 0. The third kappa shape index (κ3) is 4.15. The van der Waals surface area contributed by atoms with Crippen molar-refractivity contribution in [1.29, 1.82) is 0 Å². The molecule has 9 nitrogen and oxygen atoms in total. The fourth-order valence-corrected chi connectivity index (χ4v) is 3.04. The molecule has 2 aliphatic rings. The lowest BCUT2D eigenvalue weighted by molar-refractivity contribution is -0.153. The van der Waals surface area contributed by atoms with Crippen molar-refractivity contribution in [3.05, 3.63) is 0 Å². The van der Waals surface area contributed by atoms with Gasteiger partial charge >= 0.3 is 0 Å². The average molecular weight is 335 g/mol. The quantitative estimate of drug-likeness (QED) is 0.581. The van der Waals surface area contributed by atoms with Crippen LogP contribution in [0.3, 0.4) is 0 Å². The highest BCUT2D eigenvalue weighted by Crippen LogP contribution is 2.23. The molecular weight excluding hydrogens is 314 g/mol. The molecule has 126 valence electrons. The number of sulfonamides is 1. The van der Waals surface area contributed by atoms with Crippen molar-refractivity contribution < 1.29 is 27.5 Å². The van der Waals surface area contributed by atoms with E-state index in [1.807, 2.05) is 0 Å². The summed E-state index contributed by atoms with van der Waals surface area (Å²) in [5.74, 6) is -0.454. The number of methoxy groups -OCH3 is 1. The van der Waals surface area contributed by atoms with Crippen molar-refractivity contribution in [3.8, 4) is 0 Å². The Morgan fingerprint density at radius 1 is 1.45 bits per heavy atom. The molecule has 0 spiro atoms. The van der Waals surface area contributed by atoms with Crippen LogP contribution in [-0.4, -0.2) is 94.9 Å². The molecule has 0 saturated carbocycles. The Bertz CT molecular complexity index is 537. The minimum atomic E-state index is -3.42. The highest BCUT2D eigenvalue weighted by Gasteiger charge is 2.44. The fourth-order valence-electron chi connectivity index (χ4n) is 2.65. The Morgan fingerprint density at radius 2 is 2.18 bits per heavy atom. The summed E-state index contributed by atoms with van der Waals surface area (Å²) in [6.07, 6.45) is 0.759. The Morgan fingerprint density at radius 3 is 2.82 bits per heavy atom. The summed E-state index contributed by atoms with van der Waals surface area (Å²) in [6, 6.07) is -0.210. The number of hydrogen-bond donors (Lipinski definition) is 1. The van der Waals surface area contributed by atoms with Gasteiger partial charge in [0.15, 0.2) is 0 Å². The minimum absolute atomic E-state index is 0.00546. The highest BCUT2D eigenvalue weighted by molar-refractivity contribution is 7.88. The number of nitrogens with zero attached hydrogens (tertiary/aromatic N) is 2. The van der Waals surface area contributed by atoms with Gasteiger partial charge in [0.1, 0.15) is 6.61 Å². The summed E-state index contributed by atoms with van der Waals surface area (Å²) in [6.45, 7) is 1.26. The van der Waals surface area contributed by atoms with Crippen molar-refractivity contribution in [2.45, 2.75) is 12.1 Å². The molecule has 2 rings (SSSR count). The SMILES string of the molecule is COCCN1C(=O)CO[C@H]2CN(C(=O)CNS(C)(=O)=O)C[C@@H]21. The van der Waals surface area contributed by atoms with Gasteiger partial charge in [0.05, 0.1) is 31.6 Å². The first-order chi connectivity index (χ1) is 10.3. The number of carbonyl (C=O) groups excluding carboxylic acids is 2. The van der Waals surface area contributed by atoms with E-state index in [0.29, 0.717) is 26.2 Å². The number of fused-ring (bicyclic) bond motifs is 1. The molecule has 2 amide bonds. The van der Waals surface area contributed by atoms with Gasteiger partial charge in [-0.15, -0.1) is 0 Å². The second-order valence-electron chi connectivity index (χ2n) is 5.39. The first-order valence-corrected chi connectivity index (χ1v) is 8.83. The molecular formula is C12H21N3O6S. The molecule has 0 aliphatic carbocycles. The lowest BCUT2D eigenvalue weighted by Crippen LogP contribution is -2.54. The Balaban J connectivity index is 1.96. The summed E-state index contributed by atoms with van der Waals surface area (Å²) in [7, 11) is -1.86. The van der Waals surface area contributed by atoms with E-state index in [4.69, 9.17) is 9.47 Å². The van der Waals surface area contributed by atoms with Crippen molar-refractivity contribution >= 4 is 21.8 Å². The number of amides is 2. The molecule has 0 bridgehead atoms. The first-order valence-electron chi connectivity index (χ1n) is 6.94. The van der Waals surface area contributed by atoms with Crippen LogP contribution in [0.25, 0.3) is 0 Å². The zero-order valence-corrected chi connectivity index (χ0v) is 13.5. The zero-order chi connectivity index (χ0) is 16.3. The number of morpholine rings is 1. The van der Waals surface area contributed by atoms with Gasteiger partial charge in [0, 0.05) is 26.7 Å². The summed E-state index contributed by atoms with van der Waals surface area (Å²) in [4.78, 5) is 27.2. The van der Waals surface area contributed by atoms with Gasteiger partial charge in [-0.1, -0.05) is 0 Å². The maximum absolute atomic E-state index is 12.1. The van der Waals surface area contributed by atoms with Crippen molar-refractivity contribution in [1.82, 2.24) is 14.5 Å². The van der Waals surface area contributed by atoms with Crippen LogP contribution in [-0.2, 0) is 29.1 Å². The maximum atomic E-state index is 12.1. The van der Waals surface area contributed by atoms with Gasteiger partial charge in [0.25, 0.3) is 0 Å². The molecule has 0 aromatic rings. The van der Waals surface area contributed by atoms with E-state index in [1.54, 1.807) is 12.0 Å². The van der Waals surface area contributed by atoms with E-state index in [9.17, 15) is 18.0 Å². The number of rotatable bonds is 6. The molecule has 0 unspecified atom stereocenters. The molecule has 2 heterocycles. The van der Waals surface area contributed by atoms with Crippen molar-refractivity contribution in [2.75, 3.05) is 52.8 Å². The minimum Gasteiger partial charge on any atom is -0.383 e. The number of hydrogen-bond acceptors (Lipinski definition) is 6. The summed E-state index contributed by atoms with van der Waals surface area (Å²) in [5.41, 5.74) is 0. The third-order valence-electron chi connectivity index (χ3n) is 3.75. The molecule has 2 aliphatic heterocycles. The van der Waals surface area contributed by atoms with Crippen LogP contribution in [0.4, 0.5) is 0 Å². The molecule has 0 radical (unpaired) electrons. The lowest BCUT2D eigenvalue weighted by Gasteiger charge is -2.36. The van der Waals surface area contributed by atoms with Gasteiger partial charge < -0.3 is 19.3 Å². The largest absolute Gasteiger partial charge is 0.383 e. The molecule has 22 heavy (non-hydrogen) atoms. The van der Waals surface area contributed by atoms with E-state index in [-0.39, 0.29) is 37.1 Å². The van der Waals surface area contributed by atoms with Crippen LogP contribution < -0.4 is 4.72 Å². The van der Waals surface area contributed by atoms with Gasteiger partial charge in [-0.05, 0) is 0 Å². The molecule has 0 aromatic heterocycles. The summed E-state index contributed by atoms with van der Waals surface area (Å²) < 4.78 is 34.7. The lowest BCUT2D eigenvalue weighted by atomic mass is 10.1. The molecule has 2 saturated heterocycles. The Kier molecular flexibility index (Phi) is 5.37. The Labute approximate surface area is 129 Å². The molecule has 10 heteroatoms.